The maximum absolute atomic E-state index is 12.5. The molecule has 1 fully saturated rings. The summed E-state index contributed by atoms with van der Waals surface area (Å²) in [7, 11) is 1.23. The van der Waals surface area contributed by atoms with Crippen molar-refractivity contribution in [3.05, 3.63) is 27.9 Å². The van der Waals surface area contributed by atoms with Crippen LogP contribution in [0.15, 0.2) is 11.0 Å². The molecule has 124 valence electrons. The maximum atomic E-state index is 12.5. The molecule has 0 spiro atoms. The van der Waals surface area contributed by atoms with Crippen molar-refractivity contribution >= 4 is 35.0 Å². The second-order valence-electron chi connectivity index (χ2n) is 5.32. The van der Waals surface area contributed by atoms with Crippen LogP contribution >= 0.6 is 11.8 Å². The third kappa shape index (κ3) is 3.06. The molecule has 1 atom stereocenters. The molecule has 0 N–H and O–H groups in total. The van der Waals surface area contributed by atoms with E-state index in [2.05, 4.69) is 16.2 Å². The number of ether oxygens (including phenoxy) is 1. The van der Waals surface area contributed by atoms with Gasteiger partial charge in [-0.1, -0.05) is 0 Å². The van der Waals surface area contributed by atoms with Gasteiger partial charge in [0.1, 0.15) is 6.04 Å². The van der Waals surface area contributed by atoms with Gasteiger partial charge in [0.15, 0.2) is 0 Å². The molecule has 6 nitrogen and oxygen atoms in total. The van der Waals surface area contributed by atoms with Crippen LogP contribution < -0.4 is 0 Å². The van der Waals surface area contributed by atoms with E-state index >= 15 is 0 Å². The van der Waals surface area contributed by atoms with Gasteiger partial charge >= 0.3 is 5.97 Å². The van der Waals surface area contributed by atoms with Gasteiger partial charge < -0.3 is 9.30 Å². The highest BCUT2D eigenvalue weighted by Gasteiger charge is 2.41. The first-order valence-electron chi connectivity index (χ1n) is 7.33. The van der Waals surface area contributed by atoms with Crippen molar-refractivity contribution in [2.24, 2.45) is 0 Å². The molecule has 1 aromatic heterocycles. The quantitative estimate of drug-likeness (QED) is 0.625. The Morgan fingerprint density at radius 2 is 2.04 bits per heavy atom. The molecular formula is C16H20N2O4S. The van der Waals surface area contributed by atoms with Crippen molar-refractivity contribution in [3.8, 4) is 0 Å². The Balaban J connectivity index is 2.34. The fraction of sp³-hybridized carbons (Fsp3) is 0.438. The van der Waals surface area contributed by atoms with Gasteiger partial charge in [-0.25, -0.2) is 4.79 Å². The number of amides is 2. The molecular weight excluding hydrogens is 316 g/mol. The molecule has 0 radical (unpaired) electrons. The minimum Gasteiger partial charge on any atom is -0.467 e. The van der Waals surface area contributed by atoms with Crippen molar-refractivity contribution < 1.29 is 19.1 Å². The second-order valence-corrected chi connectivity index (χ2v) is 6.31. The number of esters is 1. The number of aromatic nitrogens is 1. The van der Waals surface area contributed by atoms with E-state index < -0.39 is 23.2 Å². The standard InChI is InChI=1S/C16H20N2O4S/c1-6-17-9(2)7-12(10(17)3)8-13-14(19)18(16(21)23-13)11(4)15(20)22-5/h7-8,11H,6H2,1-5H3/b13-8-. The molecule has 0 bridgehead atoms. The molecule has 1 aliphatic rings. The largest absolute Gasteiger partial charge is 0.467 e. The van der Waals surface area contributed by atoms with Crippen LogP contribution in [0, 0.1) is 13.8 Å². The molecule has 1 unspecified atom stereocenters. The highest BCUT2D eigenvalue weighted by molar-refractivity contribution is 8.18. The number of nitrogens with zero attached hydrogens (tertiary/aromatic N) is 2. The highest BCUT2D eigenvalue weighted by atomic mass is 32.2. The van der Waals surface area contributed by atoms with E-state index in [0.29, 0.717) is 4.91 Å². The number of thioether (sulfide) groups is 1. The minimum absolute atomic E-state index is 0.321. The summed E-state index contributed by atoms with van der Waals surface area (Å²) >= 11 is 0.846. The molecule has 1 saturated heterocycles. The zero-order chi connectivity index (χ0) is 17.3. The average Bonchev–Trinajstić information content (AvgIpc) is 2.94. The van der Waals surface area contributed by atoms with Crippen LogP contribution in [-0.2, 0) is 20.9 Å². The topological polar surface area (TPSA) is 68.6 Å². The summed E-state index contributed by atoms with van der Waals surface area (Å²) in [5, 5.41) is -0.455. The highest BCUT2D eigenvalue weighted by Crippen LogP contribution is 2.34. The van der Waals surface area contributed by atoms with Crippen LogP contribution in [-0.4, -0.2) is 39.7 Å². The van der Waals surface area contributed by atoms with Crippen molar-refractivity contribution in [3.63, 3.8) is 0 Å². The SMILES string of the molecule is CCn1c(C)cc(/C=C2\SC(=O)N(C(C)C(=O)OC)C2=O)c1C. The van der Waals surface area contributed by atoms with Crippen LogP contribution in [0.25, 0.3) is 6.08 Å². The molecule has 0 aromatic carbocycles. The third-order valence-electron chi connectivity index (χ3n) is 3.97. The van der Waals surface area contributed by atoms with Crippen molar-refractivity contribution in [1.82, 2.24) is 9.47 Å². The maximum Gasteiger partial charge on any atom is 0.328 e. The monoisotopic (exact) mass is 336 g/mol. The van der Waals surface area contributed by atoms with E-state index in [1.807, 2.05) is 19.9 Å². The Morgan fingerprint density at radius 1 is 1.39 bits per heavy atom. The van der Waals surface area contributed by atoms with E-state index in [0.717, 1.165) is 40.2 Å². The van der Waals surface area contributed by atoms with Gasteiger partial charge in [0.05, 0.1) is 12.0 Å². The second kappa shape index (κ2) is 6.62. The normalized spacial score (nSPS) is 18.0. The van der Waals surface area contributed by atoms with Crippen molar-refractivity contribution in [2.45, 2.75) is 40.3 Å². The lowest BCUT2D eigenvalue weighted by molar-refractivity contribution is -0.148. The molecule has 1 aromatic rings. The van der Waals surface area contributed by atoms with E-state index in [1.165, 1.54) is 14.0 Å². The lowest BCUT2D eigenvalue weighted by Gasteiger charge is -2.18. The zero-order valence-corrected chi connectivity index (χ0v) is 14.7. The predicted molar refractivity (Wildman–Crippen MR) is 88.9 cm³/mol. The number of methoxy groups -OCH3 is 1. The van der Waals surface area contributed by atoms with Gasteiger partial charge in [-0.3, -0.25) is 14.5 Å². The summed E-state index contributed by atoms with van der Waals surface area (Å²) in [4.78, 5) is 37.4. The molecule has 0 aliphatic carbocycles. The molecule has 0 saturated carbocycles. The van der Waals surface area contributed by atoms with Crippen LogP contribution in [0.2, 0.25) is 0 Å². The van der Waals surface area contributed by atoms with Gasteiger partial charge in [-0.15, -0.1) is 0 Å². The Labute approximate surface area is 139 Å². The smallest absolute Gasteiger partial charge is 0.328 e. The first kappa shape index (κ1) is 17.3. The Hall–Kier alpha value is -2.02. The van der Waals surface area contributed by atoms with E-state index in [9.17, 15) is 14.4 Å². The van der Waals surface area contributed by atoms with Crippen molar-refractivity contribution in [2.75, 3.05) is 7.11 Å². The summed E-state index contributed by atoms with van der Waals surface area (Å²) < 4.78 is 6.74. The van der Waals surface area contributed by atoms with Crippen LogP contribution in [0.3, 0.4) is 0 Å². The number of carbonyl (C=O) groups is 3. The average molecular weight is 336 g/mol. The van der Waals surface area contributed by atoms with Crippen LogP contribution in [0.5, 0.6) is 0 Å². The molecule has 23 heavy (non-hydrogen) atoms. The summed E-state index contributed by atoms with van der Waals surface area (Å²) in [6.45, 7) is 8.35. The fourth-order valence-electron chi connectivity index (χ4n) is 2.69. The van der Waals surface area contributed by atoms with Gasteiger partial charge in [0, 0.05) is 17.9 Å². The Morgan fingerprint density at radius 3 is 2.57 bits per heavy atom. The summed E-state index contributed by atoms with van der Waals surface area (Å²) in [6.07, 6.45) is 1.71. The van der Waals surface area contributed by atoms with E-state index in [4.69, 9.17) is 0 Å². The molecule has 7 heteroatoms. The molecule has 2 amide bonds. The summed E-state index contributed by atoms with van der Waals surface area (Å²) in [5.41, 5.74) is 3.04. The Kier molecular flexibility index (Phi) is 4.99. The summed E-state index contributed by atoms with van der Waals surface area (Å²) in [5.74, 6) is -1.07. The third-order valence-corrected chi connectivity index (χ3v) is 4.85. The number of hydrogen-bond acceptors (Lipinski definition) is 5. The number of hydrogen-bond donors (Lipinski definition) is 0. The van der Waals surface area contributed by atoms with Crippen LogP contribution in [0.1, 0.15) is 30.8 Å². The minimum atomic E-state index is -0.929. The first-order valence-corrected chi connectivity index (χ1v) is 8.15. The van der Waals surface area contributed by atoms with Gasteiger partial charge in [0.25, 0.3) is 11.1 Å². The molecule has 2 heterocycles. The first-order chi connectivity index (χ1) is 10.8. The van der Waals surface area contributed by atoms with Crippen LogP contribution in [0.4, 0.5) is 4.79 Å². The number of aryl methyl sites for hydroxylation is 1. The zero-order valence-electron chi connectivity index (χ0n) is 13.9. The molecule has 1 aliphatic heterocycles. The number of rotatable bonds is 4. The van der Waals surface area contributed by atoms with Crippen molar-refractivity contribution in [1.29, 1.82) is 0 Å². The van der Waals surface area contributed by atoms with Gasteiger partial charge in [-0.2, -0.15) is 0 Å². The summed E-state index contributed by atoms with van der Waals surface area (Å²) in [6, 6.07) is 1.05. The fourth-order valence-corrected chi connectivity index (χ4v) is 3.59. The van der Waals surface area contributed by atoms with Gasteiger partial charge in [-0.05, 0) is 57.2 Å². The lowest BCUT2D eigenvalue weighted by atomic mass is 10.2. The predicted octanol–water partition coefficient (Wildman–Crippen LogP) is 2.72. The number of carbonyl (C=O) groups excluding carboxylic acids is 3. The van der Waals surface area contributed by atoms with Gasteiger partial charge in [0.2, 0.25) is 0 Å². The lowest BCUT2D eigenvalue weighted by Crippen LogP contribution is -2.42. The Bertz CT molecular complexity index is 705. The molecule has 2 rings (SSSR count). The number of imide groups is 1. The van der Waals surface area contributed by atoms with E-state index in [-0.39, 0.29) is 0 Å². The van der Waals surface area contributed by atoms with E-state index in [1.54, 1.807) is 6.08 Å².